The van der Waals surface area contributed by atoms with Crippen molar-refractivity contribution < 1.29 is 13.9 Å². The van der Waals surface area contributed by atoms with E-state index in [-0.39, 0.29) is 0 Å². The summed E-state index contributed by atoms with van der Waals surface area (Å²) in [7, 11) is 0. The highest BCUT2D eigenvalue weighted by atomic mass is 32.2. The van der Waals surface area contributed by atoms with E-state index in [9.17, 15) is 9.32 Å². The van der Waals surface area contributed by atoms with Crippen LogP contribution >= 0.6 is 0 Å². The highest BCUT2D eigenvalue weighted by Crippen LogP contribution is 1.97. The Bertz CT molecular complexity index is 109. The third-order valence-electron chi connectivity index (χ3n) is 1.05. The van der Waals surface area contributed by atoms with Gasteiger partial charge in [-0.3, -0.25) is 4.55 Å². The quantitative estimate of drug-likeness (QED) is 0.465. The minimum Gasteiger partial charge on any atom is -0.294 e. The Hall–Kier alpha value is 0.0300. The molecule has 0 saturated carbocycles. The Labute approximate surface area is 63.1 Å². The van der Waals surface area contributed by atoms with Crippen molar-refractivity contribution in [1.82, 2.24) is 4.72 Å². The molecule has 0 spiro atoms. The summed E-state index contributed by atoms with van der Waals surface area (Å²) in [5.41, 5.74) is 0. The number of unbranched alkanes of at least 4 members (excludes halogenated alkanes) is 1. The lowest BCUT2D eigenvalue weighted by Crippen LogP contribution is -2.28. The summed E-state index contributed by atoms with van der Waals surface area (Å²) in [5, 5.41) is 10.6. The third kappa shape index (κ3) is 6.15. The molecular weight excluding hydrogens is 154 g/mol. The van der Waals surface area contributed by atoms with Crippen LogP contribution in [0.15, 0.2) is 0 Å². The van der Waals surface area contributed by atoms with Crippen molar-refractivity contribution in [2.75, 3.05) is 0 Å². The summed E-state index contributed by atoms with van der Waals surface area (Å²) < 4.78 is 20.1. The molecule has 1 radical (unpaired) electrons. The second-order valence-electron chi connectivity index (χ2n) is 2.00. The van der Waals surface area contributed by atoms with E-state index in [1.54, 1.807) is 0 Å². The number of rotatable bonds is 5. The summed E-state index contributed by atoms with van der Waals surface area (Å²) in [6.07, 6.45) is 1.02. The molecule has 0 fully saturated rings. The first-order valence-electron chi connectivity index (χ1n) is 3.19. The maximum Gasteiger partial charge on any atom is 0.234 e. The standard InChI is InChI=1S/C5H12NO3S/c1-2-3-4-5(7)6-10(8)9/h5-6H,2-4H2,1H3,(H,8,9). The van der Waals surface area contributed by atoms with Crippen LogP contribution in [0, 0.1) is 0 Å². The van der Waals surface area contributed by atoms with E-state index < -0.39 is 17.5 Å². The van der Waals surface area contributed by atoms with Gasteiger partial charge in [0.15, 0.2) is 6.23 Å². The Morgan fingerprint density at radius 1 is 1.70 bits per heavy atom. The average molecular weight is 166 g/mol. The zero-order valence-electron chi connectivity index (χ0n) is 5.87. The van der Waals surface area contributed by atoms with Crippen LogP contribution in [0.2, 0.25) is 0 Å². The van der Waals surface area contributed by atoms with Gasteiger partial charge >= 0.3 is 0 Å². The Kier molecular flexibility index (Phi) is 5.81. The molecule has 0 aromatic heterocycles. The fourth-order valence-electron chi connectivity index (χ4n) is 0.561. The van der Waals surface area contributed by atoms with Gasteiger partial charge in [0.2, 0.25) is 11.3 Å². The maximum atomic E-state index is 10.6. The van der Waals surface area contributed by atoms with Gasteiger partial charge in [-0.2, -0.15) is 4.72 Å². The smallest absolute Gasteiger partial charge is 0.234 e. The highest BCUT2D eigenvalue weighted by Gasteiger charge is 2.05. The summed E-state index contributed by atoms with van der Waals surface area (Å²) in [5.74, 6) is 0. The largest absolute Gasteiger partial charge is 0.294 e. The van der Waals surface area contributed by atoms with Gasteiger partial charge in [-0.25, -0.2) is 9.32 Å². The van der Waals surface area contributed by atoms with Crippen LogP contribution in [-0.2, 0) is 16.4 Å². The van der Waals surface area contributed by atoms with Gasteiger partial charge in [-0.1, -0.05) is 13.3 Å². The molecule has 2 N–H and O–H groups in total. The van der Waals surface area contributed by atoms with Crippen molar-refractivity contribution in [3.05, 3.63) is 0 Å². The minimum absolute atomic E-state index is 0.406. The number of hydrogen-bond acceptors (Lipinski definition) is 1. The molecule has 2 unspecified atom stereocenters. The van der Waals surface area contributed by atoms with Crippen molar-refractivity contribution in [2.24, 2.45) is 0 Å². The van der Waals surface area contributed by atoms with E-state index in [2.05, 4.69) is 0 Å². The van der Waals surface area contributed by atoms with Crippen LogP contribution in [0.1, 0.15) is 26.2 Å². The predicted molar refractivity (Wildman–Crippen MR) is 37.9 cm³/mol. The zero-order chi connectivity index (χ0) is 7.98. The van der Waals surface area contributed by atoms with Gasteiger partial charge in [0.1, 0.15) is 0 Å². The van der Waals surface area contributed by atoms with Gasteiger partial charge in [0.05, 0.1) is 0 Å². The molecular formula is C5H12NO3S. The van der Waals surface area contributed by atoms with Crippen LogP contribution in [-0.4, -0.2) is 15.0 Å². The molecule has 0 rings (SSSR count). The molecule has 10 heavy (non-hydrogen) atoms. The predicted octanol–water partition coefficient (Wildman–Crippen LogP) is 0.659. The molecule has 5 heteroatoms. The van der Waals surface area contributed by atoms with Gasteiger partial charge in [-0.05, 0) is 12.8 Å². The second kappa shape index (κ2) is 5.79. The van der Waals surface area contributed by atoms with Gasteiger partial charge in [0, 0.05) is 0 Å². The van der Waals surface area contributed by atoms with Crippen molar-refractivity contribution >= 4 is 11.3 Å². The molecule has 0 amide bonds. The molecule has 0 aromatic rings. The molecule has 0 bridgehead atoms. The first kappa shape index (κ1) is 10.0. The summed E-state index contributed by atoms with van der Waals surface area (Å²) in [6.45, 7) is 1.96. The molecule has 4 nitrogen and oxygen atoms in total. The molecule has 2 atom stereocenters. The number of nitrogens with one attached hydrogen (secondary N) is 1. The van der Waals surface area contributed by atoms with Crippen LogP contribution in [0.3, 0.4) is 0 Å². The van der Waals surface area contributed by atoms with E-state index in [4.69, 9.17) is 4.55 Å². The molecule has 0 aromatic carbocycles. The first-order valence-corrected chi connectivity index (χ1v) is 4.30. The lowest BCUT2D eigenvalue weighted by molar-refractivity contribution is 0.0697. The van der Waals surface area contributed by atoms with E-state index in [0.717, 1.165) is 12.8 Å². The molecule has 0 aliphatic heterocycles. The molecule has 0 saturated heterocycles. The molecule has 0 heterocycles. The van der Waals surface area contributed by atoms with Crippen LogP contribution in [0.4, 0.5) is 0 Å². The van der Waals surface area contributed by atoms with Crippen molar-refractivity contribution in [2.45, 2.75) is 32.4 Å². The zero-order valence-corrected chi connectivity index (χ0v) is 6.69. The monoisotopic (exact) mass is 166 g/mol. The fourth-order valence-corrected chi connectivity index (χ4v) is 0.904. The summed E-state index contributed by atoms with van der Waals surface area (Å²) >= 11 is -2.16. The van der Waals surface area contributed by atoms with Crippen molar-refractivity contribution in [3.8, 4) is 0 Å². The topological polar surface area (TPSA) is 69.2 Å². The lowest BCUT2D eigenvalue weighted by atomic mass is 10.2. The molecule has 0 aliphatic rings. The van der Waals surface area contributed by atoms with Crippen LogP contribution < -0.4 is 4.72 Å². The van der Waals surface area contributed by atoms with E-state index in [0.29, 0.717) is 6.42 Å². The summed E-state index contributed by atoms with van der Waals surface area (Å²) in [6, 6.07) is 0. The Morgan fingerprint density at radius 3 is 2.70 bits per heavy atom. The second-order valence-corrected chi connectivity index (χ2v) is 2.73. The molecule has 0 aliphatic carbocycles. The van der Waals surface area contributed by atoms with Crippen molar-refractivity contribution in [3.63, 3.8) is 0 Å². The minimum atomic E-state index is -2.16. The van der Waals surface area contributed by atoms with Crippen LogP contribution in [0.25, 0.3) is 0 Å². The van der Waals surface area contributed by atoms with Gasteiger partial charge in [0.25, 0.3) is 0 Å². The fraction of sp³-hybridized carbons (Fsp3) is 1.00. The maximum absolute atomic E-state index is 10.6. The molecule has 61 valence electrons. The van der Waals surface area contributed by atoms with Gasteiger partial charge in [-0.15, -0.1) is 0 Å². The SMILES string of the molecule is CCCCC([O])NS(=O)O. The van der Waals surface area contributed by atoms with E-state index in [1.807, 2.05) is 11.6 Å². The van der Waals surface area contributed by atoms with Crippen molar-refractivity contribution in [1.29, 1.82) is 0 Å². The number of hydrogen-bond donors (Lipinski definition) is 2. The highest BCUT2D eigenvalue weighted by molar-refractivity contribution is 7.77. The summed E-state index contributed by atoms with van der Waals surface area (Å²) in [4.78, 5) is 0. The average Bonchev–Trinajstić information content (AvgIpc) is 1.82. The third-order valence-corrected chi connectivity index (χ3v) is 1.52. The van der Waals surface area contributed by atoms with Gasteiger partial charge < -0.3 is 0 Å². The Morgan fingerprint density at radius 2 is 2.30 bits per heavy atom. The van der Waals surface area contributed by atoms with Crippen LogP contribution in [0.5, 0.6) is 0 Å². The van der Waals surface area contributed by atoms with E-state index in [1.165, 1.54) is 0 Å². The normalized spacial score (nSPS) is 16.7. The van der Waals surface area contributed by atoms with E-state index >= 15 is 0 Å². The Balaban J connectivity index is 3.25. The lowest BCUT2D eigenvalue weighted by Gasteiger charge is -2.04. The first-order chi connectivity index (χ1) is 4.66.